The third-order valence-corrected chi connectivity index (χ3v) is 3.59. The van der Waals surface area contributed by atoms with Crippen molar-refractivity contribution in [3.05, 3.63) is 59.9 Å². The van der Waals surface area contributed by atoms with E-state index in [0.29, 0.717) is 6.42 Å². The first-order valence-electron chi connectivity index (χ1n) is 7.47. The second-order valence-electron chi connectivity index (χ2n) is 5.39. The number of pyridine rings is 1. The molecular formula is C18H23N2O+. The van der Waals surface area contributed by atoms with E-state index in [-0.39, 0.29) is 5.91 Å². The van der Waals surface area contributed by atoms with Crippen molar-refractivity contribution in [3.63, 3.8) is 0 Å². The van der Waals surface area contributed by atoms with Gasteiger partial charge in [0.25, 0.3) is 0 Å². The molecule has 1 N–H and O–H groups in total. The summed E-state index contributed by atoms with van der Waals surface area (Å²) in [5.41, 5.74) is 3.19. The van der Waals surface area contributed by atoms with Crippen LogP contribution in [0.25, 0.3) is 0 Å². The number of anilines is 1. The number of aryl methyl sites for hydroxylation is 3. The largest absolute Gasteiger partial charge is 0.326 e. The Kier molecular flexibility index (Phi) is 5.50. The number of hydrogen-bond acceptors (Lipinski definition) is 1. The minimum atomic E-state index is 0.102. The van der Waals surface area contributed by atoms with Gasteiger partial charge in [0.2, 0.25) is 5.91 Å². The van der Waals surface area contributed by atoms with E-state index in [9.17, 15) is 4.79 Å². The SMILES string of the molecule is Cc1cccc(C)c1NC(=O)CCCC[n+]1ccccc1. The van der Waals surface area contributed by atoms with Crippen molar-refractivity contribution in [1.82, 2.24) is 0 Å². The number of nitrogens with one attached hydrogen (secondary N) is 1. The predicted octanol–water partition coefficient (Wildman–Crippen LogP) is 3.40. The van der Waals surface area contributed by atoms with Crippen LogP contribution in [0.1, 0.15) is 30.4 Å². The lowest BCUT2D eigenvalue weighted by Crippen LogP contribution is -2.32. The molecule has 1 amide bonds. The van der Waals surface area contributed by atoms with Crippen molar-refractivity contribution in [2.24, 2.45) is 0 Å². The van der Waals surface area contributed by atoms with Crippen LogP contribution in [0.5, 0.6) is 0 Å². The highest BCUT2D eigenvalue weighted by atomic mass is 16.1. The van der Waals surface area contributed by atoms with Crippen LogP contribution in [0.3, 0.4) is 0 Å². The lowest BCUT2D eigenvalue weighted by molar-refractivity contribution is -0.697. The molecular weight excluding hydrogens is 260 g/mol. The summed E-state index contributed by atoms with van der Waals surface area (Å²) in [6.07, 6.45) is 6.59. The zero-order chi connectivity index (χ0) is 15.1. The van der Waals surface area contributed by atoms with E-state index >= 15 is 0 Å². The van der Waals surface area contributed by atoms with Crippen LogP contribution in [-0.4, -0.2) is 5.91 Å². The molecule has 0 aliphatic rings. The number of aromatic nitrogens is 1. The summed E-state index contributed by atoms with van der Waals surface area (Å²) < 4.78 is 2.14. The highest BCUT2D eigenvalue weighted by molar-refractivity contribution is 5.92. The Morgan fingerprint density at radius 3 is 2.33 bits per heavy atom. The minimum Gasteiger partial charge on any atom is -0.326 e. The Morgan fingerprint density at radius 2 is 1.67 bits per heavy atom. The summed E-state index contributed by atoms with van der Waals surface area (Å²) in [6.45, 7) is 5.00. The first-order chi connectivity index (χ1) is 10.2. The summed E-state index contributed by atoms with van der Waals surface area (Å²) in [5, 5.41) is 3.03. The average Bonchev–Trinajstić information content (AvgIpc) is 2.49. The maximum Gasteiger partial charge on any atom is 0.224 e. The van der Waals surface area contributed by atoms with Gasteiger partial charge in [-0.1, -0.05) is 24.3 Å². The van der Waals surface area contributed by atoms with Gasteiger partial charge in [-0.15, -0.1) is 0 Å². The Balaban J connectivity index is 1.75. The second kappa shape index (κ2) is 7.58. The quantitative estimate of drug-likeness (QED) is 0.639. The highest BCUT2D eigenvalue weighted by Gasteiger charge is 2.07. The number of carbonyl (C=O) groups is 1. The van der Waals surface area contributed by atoms with Gasteiger partial charge >= 0.3 is 0 Å². The van der Waals surface area contributed by atoms with E-state index in [1.54, 1.807) is 0 Å². The molecule has 3 heteroatoms. The fourth-order valence-corrected chi connectivity index (χ4v) is 2.38. The Hall–Kier alpha value is -2.16. The van der Waals surface area contributed by atoms with Crippen LogP contribution >= 0.6 is 0 Å². The molecule has 2 aromatic rings. The van der Waals surface area contributed by atoms with Crippen molar-refractivity contribution in [2.75, 3.05) is 5.32 Å². The van der Waals surface area contributed by atoms with Gasteiger partial charge in [-0.05, 0) is 31.4 Å². The number of carbonyl (C=O) groups excluding carboxylic acids is 1. The molecule has 0 atom stereocenters. The lowest BCUT2D eigenvalue weighted by atomic mass is 10.1. The van der Waals surface area contributed by atoms with Gasteiger partial charge < -0.3 is 5.32 Å². The molecule has 2 rings (SSSR count). The van der Waals surface area contributed by atoms with Gasteiger partial charge in [0.15, 0.2) is 12.4 Å². The number of para-hydroxylation sites is 1. The van der Waals surface area contributed by atoms with Crippen molar-refractivity contribution < 1.29 is 9.36 Å². The summed E-state index contributed by atoms with van der Waals surface area (Å²) in [5.74, 6) is 0.102. The number of amides is 1. The first kappa shape index (κ1) is 15.2. The van der Waals surface area contributed by atoms with Crippen LogP contribution < -0.4 is 9.88 Å². The molecule has 1 heterocycles. The molecule has 110 valence electrons. The molecule has 3 nitrogen and oxygen atoms in total. The first-order valence-corrected chi connectivity index (χ1v) is 7.47. The maximum atomic E-state index is 12.0. The number of nitrogens with zero attached hydrogens (tertiary/aromatic N) is 1. The molecule has 0 saturated heterocycles. The monoisotopic (exact) mass is 283 g/mol. The molecule has 21 heavy (non-hydrogen) atoms. The normalized spacial score (nSPS) is 10.4. The summed E-state index contributed by atoms with van der Waals surface area (Å²) >= 11 is 0. The molecule has 0 fully saturated rings. The molecule has 0 spiro atoms. The maximum absolute atomic E-state index is 12.0. The third-order valence-electron chi connectivity index (χ3n) is 3.59. The number of hydrogen-bond donors (Lipinski definition) is 1. The molecule has 0 saturated carbocycles. The summed E-state index contributed by atoms with van der Waals surface area (Å²) in [7, 11) is 0. The summed E-state index contributed by atoms with van der Waals surface area (Å²) in [6, 6.07) is 12.1. The standard InChI is InChI=1S/C18H22N2O/c1-15-9-8-10-16(2)18(15)19-17(21)11-4-7-14-20-12-5-3-6-13-20/h3,5-6,8-10,12-13H,4,7,11,14H2,1-2H3/p+1. The second-order valence-corrected chi connectivity index (χ2v) is 5.39. The molecule has 0 bridgehead atoms. The zero-order valence-corrected chi connectivity index (χ0v) is 12.8. The van der Waals surface area contributed by atoms with E-state index in [0.717, 1.165) is 36.2 Å². The van der Waals surface area contributed by atoms with Crippen molar-refractivity contribution in [1.29, 1.82) is 0 Å². The van der Waals surface area contributed by atoms with Crippen LogP contribution in [0.2, 0.25) is 0 Å². The highest BCUT2D eigenvalue weighted by Crippen LogP contribution is 2.19. The number of benzene rings is 1. The molecule has 0 unspecified atom stereocenters. The lowest BCUT2D eigenvalue weighted by Gasteiger charge is -2.11. The molecule has 0 aliphatic heterocycles. The topological polar surface area (TPSA) is 33.0 Å². The van der Waals surface area contributed by atoms with Gasteiger partial charge in [0.05, 0.1) is 0 Å². The summed E-state index contributed by atoms with van der Waals surface area (Å²) in [4.78, 5) is 12.0. The predicted molar refractivity (Wildman–Crippen MR) is 85.0 cm³/mol. The Bertz CT molecular complexity index is 573. The van der Waals surface area contributed by atoms with E-state index in [1.807, 2.05) is 50.2 Å². The molecule has 0 aliphatic carbocycles. The van der Waals surface area contributed by atoms with Crippen LogP contribution in [0.15, 0.2) is 48.8 Å². The van der Waals surface area contributed by atoms with Gasteiger partial charge in [0.1, 0.15) is 6.54 Å². The number of rotatable bonds is 6. The zero-order valence-electron chi connectivity index (χ0n) is 12.8. The number of unbranched alkanes of at least 4 members (excludes halogenated alkanes) is 1. The smallest absolute Gasteiger partial charge is 0.224 e. The van der Waals surface area contributed by atoms with E-state index in [1.165, 1.54) is 0 Å². The van der Waals surface area contributed by atoms with Gasteiger partial charge in [0, 0.05) is 30.7 Å². The van der Waals surface area contributed by atoms with Crippen LogP contribution in [0.4, 0.5) is 5.69 Å². The van der Waals surface area contributed by atoms with Crippen molar-refractivity contribution in [2.45, 2.75) is 39.7 Å². The average molecular weight is 283 g/mol. The van der Waals surface area contributed by atoms with E-state index < -0.39 is 0 Å². The van der Waals surface area contributed by atoms with Gasteiger partial charge in [-0.3, -0.25) is 4.79 Å². The Labute approximate surface area is 126 Å². The minimum absolute atomic E-state index is 0.102. The van der Waals surface area contributed by atoms with Crippen molar-refractivity contribution >= 4 is 11.6 Å². The van der Waals surface area contributed by atoms with E-state index in [4.69, 9.17) is 0 Å². The van der Waals surface area contributed by atoms with Gasteiger partial charge in [-0.2, -0.15) is 0 Å². The molecule has 1 aromatic carbocycles. The van der Waals surface area contributed by atoms with Crippen LogP contribution in [-0.2, 0) is 11.3 Å². The molecule has 1 aromatic heterocycles. The van der Waals surface area contributed by atoms with E-state index in [2.05, 4.69) is 22.3 Å². The van der Waals surface area contributed by atoms with Crippen LogP contribution in [0, 0.1) is 13.8 Å². The van der Waals surface area contributed by atoms with Gasteiger partial charge in [-0.25, -0.2) is 4.57 Å². The third kappa shape index (κ3) is 4.71. The van der Waals surface area contributed by atoms with Crippen molar-refractivity contribution in [3.8, 4) is 0 Å². The fraction of sp³-hybridized carbons (Fsp3) is 0.333. The molecule has 0 radical (unpaired) electrons. The fourth-order valence-electron chi connectivity index (χ4n) is 2.38. The Morgan fingerprint density at radius 1 is 1.00 bits per heavy atom.